The molecule has 0 aliphatic rings. The van der Waals surface area contributed by atoms with Gasteiger partial charge in [0.15, 0.2) is 24.4 Å². The summed E-state index contributed by atoms with van der Waals surface area (Å²) in [7, 11) is -3.08. The molecule has 0 aliphatic heterocycles. The molecule has 0 aliphatic carbocycles. The Hall–Kier alpha value is -4.03. The van der Waals surface area contributed by atoms with Crippen molar-refractivity contribution in [1.29, 1.82) is 0 Å². The number of hydrogen-bond donors (Lipinski definition) is 1. The van der Waals surface area contributed by atoms with Gasteiger partial charge in [0, 0.05) is 0 Å². The van der Waals surface area contributed by atoms with Crippen LogP contribution in [0.25, 0.3) is 0 Å². The first-order valence-corrected chi connectivity index (χ1v) is 15.8. The van der Waals surface area contributed by atoms with Crippen molar-refractivity contribution in [2.75, 3.05) is 0 Å². The first-order chi connectivity index (χ1) is 20.0. The van der Waals surface area contributed by atoms with Gasteiger partial charge in [-0.1, -0.05) is 81.4 Å². The molecule has 0 amide bonds. The largest absolute Gasteiger partial charge is 0.479 e. The molecular weight excluding hydrogens is 576 g/mol. The summed E-state index contributed by atoms with van der Waals surface area (Å²) in [6.07, 6.45) is -6.82. The summed E-state index contributed by atoms with van der Waals surface area (Å²) < 4.78 is 26.7. The van der Waals surface area contributed by atoms with Gasteiger partial charge in [-0.3, -0.25) is 0 Å². The van der Waals surface area contributed by atoms with Crippen molar-refractivity contribution in [1.82, 2.24) is 0 Å². The number of carboxylic acids is 1. The molecule has 2 rings (SSSR count). The average molecular weight is 617 g/mol. The number of ether oxygens (including phenoxy) is 4. The molecule has 0 saturated carbocycles. The average Bonchev–Trinajstić information content (AvgIpc) is 2.95. The molecule has 0 fully saturated rings. The first kappa shape index (κ1) is 35.2. The molecule has 0 spiro atoms. The third-order valence-electron chi connectivity index (χ3n) is 6.62. The van der Waals surface area contributed by atoms with Crippen LogP contribution in [0.4, 0.5) is 0 Å². The second-order valence-corrected chi connectivity index (χ2v) is 15.3. The third-order valence-corrected chi connectivity index (χ3v) is 11.7. The van der Waals surface area contributed by atoms with E-state index in [0.29, 0.717) is 0 Å². The third kappa shape index (κ3) is 8.98. The maximum Gasteiger partial charge on any atom is 0.347 e. The van der Waals surface area contributed by atoms with Gasteiger partial charge >= 0.3 is 29.8 Å². The van der Waals surface area contributed by atoms with Crippen LogP contribution < -0.4 is 10.4 Å². The van der Waals surface area contributed by atoms with E-state index < -0.39 is 73.7 Å². The van der Waals surface area contributed by atoms with Gasteiger partial charge in [-0.2, -0.15) is 0 Å². The molecule has 0 radical (unpaired) electrons. The zero-order valence-corrected chi connectivity index (χ0v) is 26.7. The molecule has 43 heavy (non-hydrogen) atoms. The van der Waals surface area contributed by atoms with Gasteiger partial charge in [0.25, 0.3) is 8.32 Å². The molecule has 2 aromatic rings. The van der Waals surface area contributed by atoms with E-state index in [9.17, 15) is 24.0 Å². The zero-order valence-electron chi connectivity index (χ0n) is 25.7. The molecule has 0 aromatic heterocycles. The fraction of sp³-hybridized carbons (Fsp3) is 0.452. The number of esters is 4. The topological polar surface area (TPSA) is 152 Å². The lowest BCUT2D eigenvalue weighted by molar-refractivity contribution is -0.185. The van der Waals surface area contributed by atoms with E-state index in [1.807, 2.05) is 60.7 Å². The molecule has 1 N–H and O–H groups in total. The van der Waals surface area contributed by atoms with Crippen LogP contribution in [-0.4, -0.2) is 73.8 Å². The fourth-order valence-corrected chi connectivity index (χ4v) is 8.92. The van der Waals surface area contributed by atoms with Crippen molar-refractivity contribution in [3.05, 3.63) is 60.7 Å². The molecular formula is C31H40O11Si. The highest BCUT2D eigenvalue weighted by Gasteiger charge is 2.52. The van der Waals surface area contributed by atoms with E-state index in [-0.39, 0.29) is 0 Å². The normalized spacial score (nSPS) is 15.2. The number of aliphatic carboxylic acids is 1. The van der Waals surface area contributed by atoms with Gasteiger partial charge in [-0.15, -0.1) is 0 Å². The first-order valence-electron chi connectivity index (χ1n) is 13.8. The standard InChI is InChI=1S/C31H40O11Si/c1-19(26(32)33)38-27(34)20(2)39-28(35)21(3)40-29(36)22(4)41-30(37)23(5)42-43(31(6,7)8,24-15-11-9-12-16-24)25-17-13-10-14-18-25/h9-23H,1-8H3,(H,32,33)/t19-,20-,21-,22-,23-/m0/s1. The fourth-order valence-electron chi connectivity index (χ4n) is 4.28. The Morgan fingerprint density at radius 3 is 1.16 bits per heavy atom. The highest BCUT2D eigenvalue weighted by molar-refractivity contribution is 6.99. The van der Waals surface area contributed by atoms with E-state index in [1.54, 1.807) is 6.92 Å². The van der Waals surface area contributed by atoms with Crippen molar-refractivity contribution in [2.24, 2.45) is 0 Å². The Balaban J connectivity index is 2.10. The van der Waals surface area contributed by atoms with Crippen LogP contribution >= 0.6 is 0 Å². The van der Waals surface area contributed by atoms with Crippen LogP contribution in [0.2, 0.25) is 5.04 Å². The molecule has 234 valence electrons. The molecule has 0 bridgehead atoms. The number of hydrogen-bond acceptors (Lipinski definition) is 10. The monoisotopic (exact) mass is 616 g/mol. The van der Waals surface area contributed by atoms with E-state index in [0.717, 1.165) is 17.3 Å². The molecule has 12 heteroatoms. The van der Waals surface area contributed by atoms with Gasteiger partial charge in [0.2, 0.25) is 0 Å². The predicted octanol–water partition coefficient (Wildman–Crippen LogP) is 2.76. The maximum absolute atomic E-state index is 13.2. The van der Waals surface area contributed by atoms with Crippen molar-refractivity contribution in [3.8, 4) is 0 Å². The minimum atomic E-state index is -3.08. The van der Waals surface area contributed by atoms with Crippen molar-refractivity contribution < 1.29 is 52.5 Å². The number of carbonyl (C=O) groups excluding carboxylic acids is 4. The van der Waals surface area contributed by atoms with E-state index in [4.69, 9.17) is 23.7 Å². The number of carboxylic acid groups (broad SMARTS) is 1. The van der Waals surface area contributed by atoms with Gasteiger partial charge in [0.05, 0.1) is 0 Å². The van der Waals surface area contributed by atoms with Gasteiger partial charge in [-0.25, -0.2) is 24.0 Å². The van der Waals surface area contributed by atoms with Crippen LogP contribution in [-0.2, 0) is 47.3 Å². The zero-order chi connectivity index (χ0) is 32.5. The Morgan fingerprint density at radius 2 is 0.860 bits per heavy atom. The maximum atomic E-state index is 13.2. The predicted molar refractivity (Wildman–Crippen MR) is 158 cm³/mol. The smallest absolute Gasteiger partial charge is 0.347 e. The van der Waals surface area contributed by atoms with Gasteiger partial charge in [0.1, 0.15) is 6.10 Å². The van der Waals surface area contributed by atoms with E-state index in [2.05, 4.69) is 25.5 Å². The molecule has 0 heterocycles. The van der Waals surface area contributed by atoms with Crippen molar-refractivity contribution in [3.63, 3.8) is 0 Å². The van der Waals surface area contributed by atoms with E-state index in [1.165, 1.54) is 20.8 Å². The summed E-state index contributed by atoms with van der Waals surface area (Å²) >= 11 is 0. The van der Waals surface area contributed by atoms with Crippen LogP contribution in [0.1, 0.15) is 55.4 Å². The van der Waals surface area contributed by atoms with Gasteiger partial charge < -0.3 is 28.5 Å². The van der Waals surface area contributed by atoms with E-state index >= 15 is 0 Å². The molecule has 0 saturated heterocycles. The highest BCUT2D eigenvalue weighted by atomic mass is 28.4. The van der Waals surface area contributed by atoms with Crippen molar-refractivity contribution in [2.45, 2.75) is 90.9 Å². The Morgan fingerprint density at radius 1 is 0.558 bits per heavy atom. The Bertz CT molecular complexity index is 1230. The van der Waals surface area contributed by atoms with Gasteiger partial charge in [-0.05, 0) is 50.0 Å². The van der Waals surface area contributed by atoms with Crippen LogP contribution in [0.15, 0.2) is 60.7 Å². The summed E-state index contributed by atoms with van der Waals surface area (Å²) in [5, 5.41) is 10.4. The van der Waals surface area contributed by atoms with Crippen LogP contribution in [0.5, 0.6) is 0 Å². The molecule has 0 unspecified atom stereocenters. The SMILES string of the molecule is C[C@H](OC(=O)[C@H](C)OC(=O)[C@H](C)OC(=O)[C@H](C)OC(=O)[C@H](C)O[Si](c1ccccc1)(c1ccccc1)C(C)(C)C)C(=O)O. The Kier molecular flexibility index (Phi) is 12.2. The molecule has 2 aromatic carbocycles. The van der Waals surface area contributed by atoms with Crippen molar-refractivity contribution >= 4 is 48.5 Å². The lowest BCUT2D eigenvalue weighted by Gasteiger charge is -2.44. The van der Waals surface area contributed by atoms with Crippen LogP contribution in [0.3, 0.4) is 0 Å². The summed E-state index contributed by atoms with van der Waals surface area (Å²) in [5.74, 6) is -5.35. The summed E-state index contributed by atoms with van der Waals surface area (Å²) in [4.78, 5) is 61.0. The lowest BCUT2D eigenvalue weighted by atomic mass is 10.2. The number of carbonyl (C=O) groups is 5. The summed E-state index contributed by atoms with van der Waals surface area (Å²) in [5.41, 5.74) is 0. The number of benzene rings is 2. The minimum Gasteiger partial charge on any atom is -0.479 e. The van der Waals surface area contributed by atoms with Crippen LogP contribution in [0, 0.1) is 0 Å². The second-order valence-electron chi connectivity index (χ2n) is 11.1. The Labute approximate surface area is 252 Å². The molecule has 11 nitrogen and oxygen atoms in total. The minimum absolute atomic E-state index is 0.403. The number of rotatable bonds is 13. The summed E-state index contributed by atoms with van der Waals surface area (Å²) in [6, 6.07) is 19.4. The summed E-state index contributed by atoms with van der Waals surface area (Å²) in [6.45, 7) is 12.6. The highest BCUT2D eigenvalue weighted by Crippen LogP contribution is 2.37. The quantitative estimate of drug-likeness (QED) is 0.201. The second kappa shape index (κ2) is 14.9. The lowest BCUT2D eigenvalue weighted by Crippen LogP contribution is -2.68. The molecule has 5 atom stereocenters.